The Morgan fingerprint density at radius 3 is 2.50 bits per heavy atom. The highest BCUT2D eigenvalue weighted by atomic mass is 32.2. The van der Waals surface area contributed by atoms with Crippen molar-refractivity contribution in [2.75, 3.05) is 26.9 Å². The highest BCUT2D eigenvalue weighted by Gasteiger charge is 2.00. The van der Waals surface area contributed by atoms with Crippen LogP contribution in [0.15, 0.2) is 4.99 Å². The van der Waals surface area contributed by atoms with Crippen molar-refractivity contribution in [3.8, 4) is 0 Å². The van der Waals surface area contributed by atoms with E-state index < -0.39 is 0 Å². The molecule has 0 unspecified atom stereocenters. The van der Waals surface area contributed by atoms with Gasteiger partial charge in [-0.2, -0.15) is 0 Å². The van der Waals surface area contributed by atoms with Crippen molar-refractivity contribution in [2.45, 2.75) is 13.3 Å². The molecule has 3 heteroatoms. The summed E-state index contributed by atoms with van der Waals surface area (Å²) < 4.78 is 0. The van der Waals surface area contributed by atoms with Crippen LogP contribution in [0.4, 0.5) is 0 Å². The van der Waals surface area contributed by atoms with E-state index in [4.69, 9.17) is 0 Å². The van der Waals surface area contributed by atoms with Gasteiger partial charge in [0.1, 0.15) is 0 Å². The molecule has 0 saturated carbocycles. The monoisotopic (exact) mass is 160 g/mol. The molecule has 0 rings (SSSR count). The summed E-state index contributed by atoms with van der Waals surface area (Å²) in [5.74, 6) is 0. The van der Waals surface area contributed by atoms with E-state index in [9.17, 15) is 0 Å². The lowest BCUT2D eigenvalue weighted by Crippen LogP contribution is -2.24. The molecule has 0 aromatic rings. The number of thioether (sulfide) groups is 1. The number of aliphatic imine (C=N–C) groups is 1. The minimum Gasteiger partial charge on any atom is -0.355 e. The highest BCUT2D eigenvalue weighted by molar-refractivity contribution is 8.13. The fourth-order valence-electron chi connectivity index (χ4n) is 0.849. The fraction of sp³-hybridized carbons (Fsp3) is 0.857. The molecule has 0 amide bonds. The van der Waals surface area contributed by atoms with Gasteiger partial charge in [-0.1, -0.05) is 18.7 Å². The van der Waals surface area contributed by atoms with Crippen LogP contribution in [0.2, 0.25) is 0 Å². The number of hydrogen-bond acceptors (Lipinski definition) is 2. The Kier molecular flexibility index (Phi) is 5.49. The zero-order valence-electron chi connectivity index (χ0n) is 7.22. The molecule has 0 N–H and O–H groups in total. The summed E-state index contributed by atoms with van der Waals surface area (Å²) in [6.07, 6.45) is 3.23. The summed E-state index contributed by atoms with van der Waals surface area (Å²) in [6.45, 7) is 3.26. The molecule has 0 aliphatic carbocycles. The summed E-state index contributed by atoms with van der Waals surface area (Å²) in [4.78, 5) is 6.30. The van der Waals surface area contributed by atoms with Gasteiger partial charge in [-0.3, -0.25) is 4.99 Å². The van der Waals surface area contributed by atoms with Gasteiger partial charge in [-0.15, -0.1) is 0 Å². The first-order valence-corrected chi connectivity index (χ1v) is 4.70. The molecule has 60 valence electrons. The second-order valence-corrected chi connectivity index (χ2v) is 2.91. The predicted octanol–water partition coefficient (Wildman–Crippen LogP) is 1.68. The Morgan fingerprint density at radius 1 is 1.60 bits per heavy atom. The van der Waals surface area contributed by atoms with E-state index in [0.717, 1.165) is 11.7 Å². The lowest BCUT2D eigenvalue weighted by Gasteiger charge is -2.17. The van der Waals surface area contributed by atoms with Crippen LogP contribution in [-0.2, 0) is 0 Å². The maximum atomic E-state index is 4.13. The average molecular weight is 160 g/mol. The molecule has 0 aromatic carbocycles. The molecule has 2 nitrogen and oxygen atoms in total. The zero-order valence-corrected chi connectivity index (χ0v) is 8.03. The molecule has 0 atom stereocenters. The number of nitrogens with zero attached hydrogens (tertiary/aromatic N) is 2. The van der Waals surface area contributed by atoms with Crippen LogP contribution < -0.4 is 0 Å². The molecular weight excluding hydrogens is 144 g/mol. The van der Waals surface area contributed by atoms with Crippen molar-refractivity contribution in [3.63, 3.8) is 0 Å². The van der Waals surface area contributed by atoms with Crippen molar-refractivity contribution >= 4 is 16.9 Å². The molecule has 0 aromatic heterocycles. The third kappa shape index (κ3) is 3.11. The normalized spacial score (nSPS) is 11.8. The molecule has 0 fully saturated rings. The number of rotatable bonds is 2. The van der Waals surface area contributed by atoms with Crippen LogP contribution >= 0.6 is 11.8 Å². The lowest BCUT2D eigenvalue weighted by atomic mass is 10.5. The second kappa shape index (κ2) is 5.59. The summed E-state index contributed by atoms with van der Waals surface area (Å²) in [7, 11) is 3.90. The molecule has 0 aliphatic rings. The van der Waals surface area contributed by atoms with Crippen LogP contribution in [0.3, 0.4) is 0 Å². The topological polar surface area (TPSA) is 15.6 Å². The first-order valence-electron chi connectivity index (χ1n) is 3.48. The standard InChI is InChI=1S/C7H16N2S/c1-5-6-9(3)7(8-2)10-4/h5-6H2,1-4H3. The van der Waals surface area contributed by atoms with E-state index in [0.29, 0.717) is 0 Å². The van der Waals surface area contributed by atoms with Gasteiger partial charge < -0.3 is 4.90 Å². The number of hydrogen-bond donors (Lipinski definition) is 0. The van der Waals surface area contributed by atoms with Crippen LogP contribution in [-0.4, -0.2) is 37.0 Å². The van der Waals surface area contributed by atoms with E-state index in [1.807, 2.05) is 7.05 Å². The van der Waals surface area contributed by atoms with Crippen LogP contribution in [0.25, 0.3) is 0 Å². The molecule has 0 bridgehead atoms. The fourth-order valence-corrected chi connectivity index (χ4v) is 1.43. The van der Waals surface area contributed by atoms with E-state index in [1.54, 1.807) is 11.8 Å². The van der Waals surface area contributed by atoms with Crippen molar-refractivity contribution in [1.29, 1.82) is 0 Å². The Labute approximate surface area is 67.7 Å². The second-order valence-electron chi connectivity index (χ2n) is 2.13. The Bertz CT molecular complexity index is 112. The Morgan fingerprint density at radius 2 is 2.20 bits per heavy atom. The van der Waals surface area contributed by atoms with Crippen LogP contribution in [0, 0.1) is 0 Å². The first-order chi connectivity index (χ1) is 4.76. The van der Waals surface area contributed by atoms with Gasteiger partial charge in [-0.05, 0) is 12.7 Å². The third-order valence-electron chi connectivity index (χ3n) is 1.26. The van der Waals surface area contributed by atoms with E-state index in [1.165, 1.54) is 6.42 Å². The summed E-state index contributed by atoms with van der Waals surface area (Å²) in [6, 6.07) is 0. The van der Waals surface area contributed by atoms with Crippen molar-refractivity contribution < 1.29 is 0 Å². The van der Waals surface area contributed by atoms with Gasteiger partial charge in [0.25, 0.3) is 0 Å². The first kappa shape index (κ1) is 9.82. The molecule has 0 saturated heterocycles. The predicted molar refractivity (Wildman–Crippen MR) is 49.8 cm³/mol. The Balaban J connectivity index is 3.77. The van der Waals surface area contributed by atoms with E-state index in [-0.39, 0.29) is 0 Å². The van der Waals surface area contributed by atoms with E-state index >= 15 is 0 Å². The summed E-state index contributed by atoms with van der Waals surface area (Å²) in [5, 5.41) is 1.11. The summed E-state index contributed by atoms with van der Waals surface area (Å²) in [5.41, 5.74) is 0. The smallest absolute Gasteiger partial charge is 0.158 e. The van der Waals surface area contributed by atoms with Gasteiger partial charge in [0.15, 0.2) is 5.17 Å². The minimum atomic E-state index is 1.09. The van der Waals surface area contributed by atoms with Crippen molar-refractivity contribution in [3.05, 3.63) is 0 Å². The molecule has 0 radical (unpaired) electrons. The van der Waals surface area contributed by atoms with Gasteiger partial charge in [0, 0.05) is 20.6 Å². The molecule has 0 spiro atoms. The van der Waals surface area contributed by atoms with Crippen LogP contribution in [0.1, 0.15) is 13.3 Å². The zero-order chi connectivity index (χ0) is 7.98. The molecule has 0 heterocycles. The van der Waals surface area contributed by atoms with Gasteiger partial charge in [0.2, 0.25) is 0 Å². The van der Waals surface area contributed by atoms with E-state index in [2.05, 4.69) is 30.1 Å². The maximum Gasteiger partial charge on any atom is 0.158 e. The van der Waals surface area contributed by atoms with Gasteiger partial charge >= 0.3 is 0 Å². The van der Waals surface area contributed by atoms with Crippen molar-refractivity contribution in [2.24, 2.45) is 4.99 Å². The van der Waals surface area contributed by atoms with Gasteiger partial charge in [0.05, 0.1) is 0 Å². The number of amidine groups is 1. The SMILES string of the molecule is CCCN(C)C(=NC)SC. The Hall–Kier alpha value is -0.180. The molecule has 10 heavy (non-hydrogen) atoms. The van der Waals surface area contributed by atoms with Crippen molar-refractivity contribution in [1.82, 2.24) is 4.90 Å². The minimum absolute atomic E-state index is 1.09. The third-order valence-corrected chi connectivity index (χ3v) is 2.12. The maximum absolute atomic E-state index is 4.13. The summed E-state index contributed by atoms with van der Waals surface area (Å²) >= 11 is 1.69. The molecular formula is C7H16N2S. The molecule has 0 aliphatic heterocycles. The van der Waals surface area contributed by atoms with Gasteiger partial charge in [-0.25, -0.2) is 0 Å². The highest BCUT2D eigenvalue weighted by Crippen LogP contribution is 2.02. The largest absolute Gasteiger partial charge is 0.355 e. The quantitative estimate of drug-likeness (QED) is 0.451. The average Bonchev–Trinajstić information content (AvgIpc) is 1.91. The lowest BCUT2D eigenvalue weighted by molar-refractivity contribution is 0.510. The van der Waals surface area contributed by atoms with Crippen LogP contribution in [0.5, 0.6) is 0 Å².